The fraction of sp³-hybridized carbons (Fsp3) is 0.500. The molecule has 2 atom stereocenters. The van der Waals surface area contributed by atoms with Gasteiger partial charge in [-0.2, -0.15) is 0 Å². The van der Waals surface area contributed by atoms with Gasteiger partial charge in [-0.05, 0) is 45.2 Å². The average molecular weight is 286 g/mol. The largest absolute Gasteiger partial charge is 0.333 e. The molecular formula is C14H17Cl2NO. The van der Waals surface area contributed by atoms with Crippen LogP contribution in [0.1, 0.15) is 43.5 Å². The average Bonchev–Trinajstić information content (AvgIpc) is 2.32. The highest BCUT2D eigenvalue weighted by molar-refractivity contribution is 6.43. The van der Waals surface area contributed by atoms with Crippen molar-refractivity contribution in [2.75, 3.05) is 0 Å². The van der Waals surface area contributed by atoms with Gasteiger partial charge in [0.15, 0.2) is 0 Å². The van der Waals surface area contributed by atoms with Crippen molar-refractivity contribution in [1.29, 1.82) is 0 Å². The summed E-state index contributed by atoms with van der Waals surface area (Å²) in [6.45, 7) is 4.18. The molecule has 1 fully saturated rings. The molecule has 18 heavy (non-hydrogen) atoms. The minimum atomic E-state index is -0.0119. The second-order valence-electron chi connectivity index (χ2n) is 4.94. The summed E-state index contributed by atoms with van der Waals surface area (Å²) in [4.78, 5) is 14.5. The smallest absolute Gasteiger partial charge is 0.255 e. The van der Waals surface area contributed by atoms with Crippen LogP contribution in [0, 0.1) is 0 Å². The Morgan fingerprint density at radius 1 is 1.22 bits per heavy atom. The highest BCUT2D eigenvalue weighted by Gasteiger charge is 2.30. The van der Waals surface area contributed by atoms with E-state index in [-0.39, 0.29) is 18.0 Å². The molecule has 0 bridgehead atoms. The topological polar surface area (TPSA) is 20.3 Å². The molecule has 0 radical (unpaired) electrons. The normalized spacial score (nSPS) is 24.1. The Balaban J connectivity index is 2.32. The molecule has 2 rings (SSSR count). The number of nitrogens with zero attached hydrogens (tertiary/aromatic N) is 1. The molecule has 1 aromatic carbocycles. The van der Waals surface area contributed by atoms with E-state index in [0.29, 0.717) is 15.6 Å². The maximum Gasteiger partial charge on any atom is 0.255 e. The number of likely N-dealkylation sites (tertiary alicyclic amines) is 1. The van der Waals surface area contributed by atoms with Crippen LogP contribution in [0.4, 0.5) is 0 Å². The van der Waals surface area contributed by atoms with Crippen molar-refractivity contribution in [3.8, 4) is 0 Å². The van der Waals surface area contributed by atoms with Crippen molar-refractivity contribution in [2.45, 2.75) is 45.2 Å². The monoisotopic (exact) mass is 285 g/mol. The van der Waals surface area contributed by atoms with Gasteiger partial charge in [0.25, 0.3) is 5.91 Å². The van der Waals surface area contributed by atoms with Crippen LogP contribution in [0.15, 0.2) is 18.2 Å². The van der Waals surface area contributed by atoms with Crippen LogP contribution >= 0.6 is 23.2 Å². The standard InChI is InChI=1S/C14H17Cl2NO/c1-9-5-3-6-10(2)17(9)14(18)11-7-4-8-12(15)13(11)16/h4,7-10H,3,5-6H2,1-2H3/t9-,10+. The van der Waals surface area contributed by atoms with E-state index < -0.39 is 0 Å². The van der Waals surface area contributed by atoms with E-state index in [1.54, 1.807) is 18.2 Å². The number of rotatable bonds is 1. The van der Waals surface area contributed by atoms with Crippen LogP contribution in [0.2, 0.25) is 10.0 Å². The predicted octanol–water partition coefficient (Wildman–Crippen LogP) is 4.40. The van der Waals surface area contributed by atoms with E-state index in [4.69, 9.17) is 23.2 Å². The van der Waals surface area contributed by atoms with Crippen LogP contribution in [-0.2, 0) is 0 Å². The number of amides is 1. The second-order valence-corrected chi connectivity index (χ2v) is 5.73. The molecule has 1 aliphatic heterocycles. The molecular weight excluding hydrogens is 269 g/mol. The molecule has 4 heteroatoms. The van der Waals surface area contributed by atoms with Gasteiger partial charge in [0.2, 0.25) is 0 Å². The predicted molar refractivity (Wildman–Crippen MR) is 75.4 cm³/mol. The summed E-state index contributed by atoms with van der Waals surface area (Å²) < 4.78 is 0. The fourth-order valence-corrected chi connectivity index (χ4v) is 3.01. The van der Waals surface area contributed by atoms with Gasteiger partial charge < -0.3 is 4.90 Å². The summed E-state index contributed by atoms with van der Waals surface area (Å²) in [7, 11) is 0. The van der Waals surface area contributed by atoms with Gasteiger partial charge in [0.05, 0.1) is 15.6 Å². The third-order valence-corrected chi connectivity index (χ3v) is 4.43. The van der Waals surface area contributed by atoms with Crippen molar-refractivity contribution < 1.29 is 4.79 Å². The molecule has 0 aliphatic carbocycles. The molecule has 1 saturated heterocycles. The first-order valence-corrected chi connectivity index (χ1v) is 7.04. The Morgan fingerprint density at radius 3 is 2.44 bits per heavy atom. The summed E-state index contributed by atoms with van der Waals surface area (Å²) in [6, 6.07) is 5.72. The number of hydrogen-bond donors (Lipinski definition) is 0. The maximum absolute atomic E-state index is 12.6. The lowest BCUT2D eigenvalue weighted by molar-refractivity contribution is 0.0511. The van der Waals surface area contributed by atoms with E-state index >= 15 is 0 Å². The molecule has 0 aromatic heterocycles. The zero-order valence-electron chi connectivity index (χ0n) is 10.6. The number of benzene rings is 1. The molecule has 1 aromatic rings. The van der Waals surface area contributed by atoms with E-state index in [1.165, 1.54) is 6.42 Å². The minimum absolute atomic E-state index is 0.0119. The van der Waals surface area contributed by atoms with Crippen molar-refractivity contribution in [3.63, 3.8) is 0 Å². The SMILES string of the molecule is C[C@@H]1CCC[C@H](C)N1C(=O)c1cccc(Cl)c1Cl. The first-order valence-electron chi connectivity index (χ1n) is 6.29. The molecule has 1 heterocycles. The quantitative estimate of drug-likeness (QED) is 0.749. The van der Waals surface area contributed by atoms with Gasteiger partial charge in [0, 0.05) is 12.1 Å². The summed E-state index contributed by atoms with van der Waals surface area (Å²) in [6.07, 6.45) is 3.28. The Morgan fingerprint density at radius 2 is 1.83 bits per heavy atom. The summed E-state index contributed by atoms with van der Waals surface area (Å²) in [5.74, 6) is -0.0119. The van der Waals surface area contributed by atoms with Crippen molar-refractivity contribution in [2.24, 2.45) is 0 Å². The first-order chi connectivity index (χ1) is 8.52. The number of halogens is 2. The molecule has 1 aliphatic rings. The van der Waals surface area contributed by atoms with Crippen LogP contribution < -0.4 is 0 Å². The van der Waals surface area contributed by atoms with E-state index in [9.17, 15) is 4.79 Å². The van der Waals surface area contributed by atoms with Gasteiger partial charge in [-0.3, -0.25) is 4.79 Å². The summed E-state index contributed by atoms with van der Waals surface area (Å²) in [5.41, 5.74) is 0.504. The van der Waals surface area contributed by atoms with Gasteiger partial charge in [0.1, 0.15) is 0 Å². The fourth-order valence-electron chi connectivity index (χ4n) is 2.63. The van der Waals surface area contributed by atoms with Crippen molar-refractivity contribution in [1.82, 2.24) is 4.90 Å². The van der Waals surface area contributed by atoms with Crippen LogP contribution in [0.5, 0.6) is 0 Å². The zero-order chi connectivity index (χ0) is 13.3. The lowest BCUT2D eigenvalue weighted by Crippen LogP contribution is -2.47. The minimum Gasteiger partial charge on any atom is -0.333 e. The third-order valence-electron chi connectivity index (χ3n) is 3.61. The maximum atomic E-state index is 12.6. The third kappa shape index (κ3) is 2.50. The van der Waals surface area contributed by atoms with Crippen LogP contribution in [0.3, 0.4) is 0 Å². The summed E-state index contributed by atoms with van der Waals surface area (Å²) in [5, 5.41) is 0.786. The van der Waals surface area contributed by atoms with Gasteiger partial charge in [-0.1, -0.05) is 29.3 Å². The Labute approximate surface area is 118 Å². The van der Waals surface area contributed by atoms with Crippen LogP contribution in [-0.4, -0.2) is 22.9 Å². The molecule has 98 valence electrons. The number of carbonyl (C=O) groups is 1. The molecule has 0 N–H and O–H groups in total. The highest BCUT2D eigenvalue weighted by atomic mass is 35.5. The van der Waals surface area contributed by atoms with E-state index in [2.05, 4.69) is 13.8 Å². The van der Waals surface area contributed by atoms with Gasteiger partial charge in [-0.25, -0.2) is 0 Å². The first kappa shape index (κ1) is 13.7. The molecule has 1 amide bonds. The Kier molecular flexibility index (Phi) is 4.18. The lowest BCUT2D eigenvalue weighted by Gasteiger charge is -2.39. The van der Waals surface area contributed by atoms with Gasteiger partial charge in [-0.15, -0.1) is 0 Å². The second kappa shape index (κ2) is 5.50. The molecule has 0 saturated carbocycles. The van der Waals surface area contributed by atoms with Crippen LogP contribution in [0.25, 0.3) is 0 Å². The highest BCUT2D eigenvalue weighted by Crippen LogP contribution is 2.30. The molecule has 0 spiro atoms. The lowest BCUT2D eigenvalue weighted by atomic mass is 9.96. The van der Waals surface area contributed by atoms with Gasteiger partial charge >= 0.3 is 0 Å². The Hall–Kier alpha value is -0.730. The van der Waals surface area contributed by atoms with Crippen molar-refractivity contribution >= 4 is 29.1 Å². The number of carbonyl (C=O) groups excluding carboxylic acids is 1. The number of hydrogen-bond acceptors (Lipinski definition) is 1. The number of piperidine rings is 1. The Bertz CT molecular complexity index is 451. The molecule has 2 nitrogen and oxygen atoms in total. The summed E-state index contributed by atoms with van der Waals surface area (Å²) >= 11 is 12.1. The zero-order valence-corrected chi connectivity index (χ0v) is 12.1. The van der Waals surface area contributed by atoms with Crippen molar-refractivity contribution in [3.05, 3.63) is 33.8 Å². The molecule has 0 unspecified atom stereocenters. The van der Waals surface area contributed by atoms with E-state index in [1.807, 2.05) is 4.90 Å². The van der Waals surface area contributed by atoms with E-state index in [0.717, 1.165) is 12.8 Å².